The molecule has 1 aromatic carbocycles. The molecule has 0 amide bonds. The van der Waals surface area contributed by atoms with Crippen molar-refractivity contribution >= 4 is 50.7 Å². The van der Waals surface area contributed by atoms with E-state index in [1.54, 1.807) is 0 Å². The molecule has 0 unspecified atom stereocenters. The SMILES string of the molecule is CSCCCNC(=S)Nc1cccc(Br)c1. The third-order valence-electron chi connectivity index (χ3n) is 1.89. The second-order valence-electron chi connectivity index (χ2n) is 3.24. The fourth-order valence-electron chi connectivity index (χ4n) is 1.16. The summed E-state index contributed by atoms with van der Waals surface area (Å²) in [7, 11) is 0. The highest BCUT2D eigenvalue weighted by molar-refractivity contribution is 9.10. The summed E-state index contributed by atoms with van der Waals surface area (Å²) < 4.78 is 1.04. The average molecular weight is 319 g/mol. The summed E-state index contributed by atoms with van der Waals surface area (Å²) in [5, 5.41) is 7.00. The maximum absolute atomic E-state index is 5.18. The quantitative estimate of drug-likeness (QED) is 0.641. The van der Waals surface area contributed by atoms with Crippen LogP contribution >= 0.6 is 39.9 Å². The molecule has 0 aliphatic rings. The zero-order valence-electron chi connectivity index (χ0n) is 9.13. The molecule has 0 fully saturated rings. The van der Waals surface area contributed by atoms with E-state index in [0.717, 1.165) is 28.9 Å². The molecular formula is C11H15BrN2S2. The molecule has 0 spiro atoms. The lowest BCUT2D eigenvalue weighted by molar-refractivity contribution is 0.855. The van der Waals surface area contributed by atoms with Gasteiger partial charge in [-0.1, -0.05) is 22.0 Å². The van der Waals surface area contributed by atoms with Gasteiger partial charge in [0.25, 0.3) is 0 Å². The standard InChI is InChI=1S/C11H15BrN2S2/c1-16-7-3-6-13-11(15)14-10-5-2-4-9(12)8-10/h2,4-5,8H,3,6-7H2,1H3,(H2,13,14,15). The molecule has 0 saturated heterocycles. The maximum atomic E-state index is 5.18. The van der Waals surface area contributed by atoms with Crippen molar-refractivity contribution in [1.29, 1.82) is 0 Å². The fourth-order valence-corrected chi connectivity index (χ4v) is 2.21. The predicted molar refractivity (Wildman–Crippen MR) is 81.4 cm³/mol. The summed E-state index contributed by atoms with van der Waals surface area (Å²) in [6.45, 7) is 0.917. The smallest absolute Gasteiger partial charge is 0.170 e. The van der Waals surface area contributed by atoms with Gasteiger partial charge in [0.05, 0.1) is 0 Å². The number of benzene rings is 1. The van der Waals surface area contributed by atoms with Crippen LogP contribution in [0.3, 0.4) is 0 Å². The molecule has 0 bridgehead atoms. The molecular weight excluding hydrogens is 304 g/mol. The summed E-state index contributed by atoms with van der Waals surface area (Å²) in [6.07, 6.45) is 3.24. The van der Waals surface area contributed by atoms with Gasteiger partial charge in [0.2, 0.25) is 0 Å². The van der Waals surface area contributed by atoms with E-state index < -0.39 is 0 Å². The molecule has 1 aromatic rings. The van der Waals surface area contributed by atoms with Crippen molar-refractivity contribution < 1.29 is 0 Å². The Morgan fingerprint density at radius 2 is 2.31 bits per heavy atom. The van der Waals surface area contributed by atoms with Gasteiger partial charge in [0.1, 0.15) is 0 Å². The summed E-state index contributed by atoms with van der Waals surface area (Å²) in [6, 6.07) is 7.94. The summed E-state index contributed by atoms with van der Waals surface area (Å²) in [4.78, 5) is 0. The van der Waals surface area contributed by atoms with Gasteiger partial charge in [-0.15, -0.1) is 0 Å². The molecule has 2 nitrogen and oxygen atoms in total. The molecule has 0 atom stereocenters. The molecule has 1 rings (SSSR count). The van der Waals surface area contributed by atoms with Crippen LogP contribution < -0.4 is 10.6 Å². The Bertz CT molecular complexity index is 345. The first-order valence-electron chi connectivity index (χ1n) is 5.01. The fraction of sp³-hybridized carbons (Fsp3) is 0.364. The van der Waals surface area contributed by atoms with Crippen LogP contribution in [0.25, 0.3) is 0 Å². The van der Waals surface area contributed by atoms with E-state index >= 15 is 0 Å². The Morgan fingerprint density at radius 3 is 3.00 bits per heavy atom. The van der Waals surface area contributed by atoms with Gasteiger partial charge in [-0.2, -0.15) is 11.8 Å². The molecule has 0 aliphatic heterocycles. The second kappa shape index (κ2) is 7.92. The number of thioether (sulfide) groups is 1. The Morgan fingerprint density at radius 1 is 1.50 bits per heavy atom. The van der Waals surface area contributed by atoms with E-state index in [2.05, 4.69) is 32.8 Å². The molecule has 0 saturated carbocycles. The number of halogens is 1. The molecule has 88 valence electrons. The van der Waals surface area contributed by atoms with Gasteiger partial charge in [-0.3, -0.25) is 0 Å². The molecule has 0 aliphatic carbocycles. The summed E-state index contributed by atoms with van der Waals surface area (Å²) in [5.41, 5.74) is 0.997. The first kappa shape index (κ1) is 13.8. The lowest BCUT2D eigenvalue weighted by atomic mass is 10.3. The van der Waals surface area contributed by atoms with Crippen LogP contribution in [0, 0.1) is 0 Å². The molecule has 5 heteroatoms. The number of rotatable bonds is 5. The van der Waals surface area contributed by atoms with Crippen molar-refractivity contribution in [3.8, 4) is 0 Å². The van der Waals surface area contributed by atoms with E-state index in [1.807, 2.05) is 36.0 Å². The molecule has 16 heavy (non-hydrogen) atoms. The Hall–Kier alpha value is -0.260. The Balaban J connectivity index is 2.29. The van der Waals surface area contributed by atoms with Crippen molar-refractivity contribution in [1.82, 2.24) is 5.32 Å². The van der Waals surface area contributed by atoms with Crippen LogP contribution in [-0.4, -0.2) is 23.7 Å². The normalized spacial score (nSPS) is 9.88. The predicted octanol–water partition coefficient (Wildman–Crippen LogP) is 3.49. The van der Waals surface area contributed by atoms with Crippen molar-refractivity contribution in [2.24, 2.45) is 0 Å². The highest BCUT2D eigenvalue weighted by Gasteiger charge is 1.97. The minimum Gasteiger partial charge on any atom is -0.362 e. The number of thiocarbonyl (C=S) groups is 1. The minimum absolute atomic E-state index is 0.680. The molecule has 0 radical (unpaired) electrons. The monoisotopic (exact) mass is 318 g/mol. The van der Waals surface area contributed by atoms with Gasteiger partial charge in [-0.25, -0.2) is 0 Å². The highest BCUT2D eigenvalue weighted by atomic mass is 79.9. The number of hydrogen-bond acceptors (Lipinski definition) is 2. The third-order valence-corrected chi connectivity index (χ3v) is 3.33. The van der Waals surface area contributed by atoms with Crippen LogP contribution in [0.1, 0.15) is 6.42 Å². The Kier molecular flexibility index (Phi) is 6.84. The van der Waals surface area contributed by atoms with E-state index in [9.17, 15) is 0 Å². The molecule has 2 N–H and O–H groups in total. The van der Waals surface area contributed by atoms with Crippen molar-refractivity contribution in [2.75, 3.05) is 23.9 Å². The van der Waals surface area contributed by atoms with Gasteiger partial charge in [0, 0.05) is 16.7 Å². The Labute approximate surface area is 115 Å². The topological polar surface area (TPSA) is 24.1 Å². The largest absolute Gasteiger partial charge is 0.362 e. The van der Waals surface area contributed by atoms with Crippen LogP contribution in [-0.2, 0) is 0 Å². The summed E-state index contributed by atoms with van der Waals surface area (Å²) in [5.74, 6) is 1.16. The van der Waals surface area contributed by atoms with Crippen molar-refractivity contribution in [3.63, 3.8) is 0 Å². The van der Waals surface area contributed by atoms with Gasteiger partial charge in [0.15, 0.2) is 5.11 Å². The van der Waals surface area contributed by atoms with Gasteiger partial charge < -0.3 is 10.6 Å². The van der Waals surface area contributed by atoms with Gasteiger partial charge in [-0.05, 0) is 48.8 Å². The first-order valence-corrected chi connectivity index (χ1v) is 7.61. The number of hydrogen-bond donors (Lipinski definition) is 2. The molecule has 0 aromatic heterocycles. The van der Waals surface area contributed by atoms with Crippen molar-refractivity contribution in [3.05, 3.63) is 28.7 Å². The van der Waals surface area contributed by atoms with E-state index in [0.29, 0.717) is 5.11 Å². The van der Waals surface area contributed by atoms with Crippen LogP contribution in [0.15, 0.2) is 28.7 Å². The van der Waals surface area contributed by atoms with E-state index in [1.165, 1.54) is 0 Å². The van der Waals surface area contributed by atoms with E-state index in [4.69, 9.17) is 12.2 Å². The zero-order chi connectivity index (χ0) is 11.8. The first-order chi connectivity index (χ1) is 7.72. The lowest BCUT2D eigenvalue weighted by Crippen LogP contribution is -2.29. The second-order valence-corrected chi connectivity index (χ2v) is 5.55. The average Bonchev–Trinajstić information content (AvgIpc) is 2.24. The van der Waals surface area contributed by atoms with Crippen molar-refractivity contribution in [2.45, 2.75) is 6.42 Å². The zero-order valence-corrected chi connectivity index (χ0v) is 12.3. The number of anilines is 1. The highest BCUT2D eigenvalue weighted by Crippen LogP contribution is 2.15. The van der Waals surface area contributed by atoms with E-state index in [-0.39, 0.29) is 0 Å². The minimum atomic E-state index is 0.680. The summed E-state index contributed by atoms with van der Waals surface area (Å²) >= 11 is 10.5. The van der Waals surface area contributed by atoms with Gasteiger partial charge >= 0.3 is 0 Å². The number of nitrogens with one attached hydrogen (secondary N) is 2. The molecule has 0 heterocycles. The third kappa shape index (κ3) is 5.72. The van der Waals surface area contributed by atoms with Crippen LogP contribution in [0.4, 0.5) is 5.69 Å². The van der Waals surface area contributed by atoms with Crippen LogP contribution in [0.5, 0.6) is 0 Å². The maximum Gasteiger partial charge on any atom is 0.170 e. The lowest BCUT2D eigenvalue weighted by Gasteiger charge is -2.10. The van der Waals surface area contributed by atoms with Crippen LogP contribution in [0.2, 0.25) is 0 Å².